The van der Waals surface area contributed by atoms with Gasteiger partial charge in [0.05, 0.1) is 0 Å². The van der Waals surface area contributed by atoms with E-state index in [1.54, 1.807) is 5.56 Å². The Hall–Kier alpha value is -1.48. The molecule has 1 saturated heterocycles. The molecule has 3 nitrogen and oxygen atoms in total. The largest absolute Gasteiger partial charge is 0.358 e. The van der Waals surface area contributed by atoms with Crippen molar-refractivity contribution in [2.24, 2.45) is 5.73 Å². The molecule has 4 aliphatic rings. The molecule has 0 spiro atoms. The van der Waals surface area contributed by atoms with Crippen LogP contribution in [-0.4, -0.2) is 18.1 Å². The number of fused-ring (bicyclic) bond motifs is 3. The molecule has 1 aromatic heterocycles. The summed E-state index contributed by atoms with van der Waals surface area (Å²) in [6, 6.07) is 6.86. The van der Waals surface area contributed by atoms with E-state index in [0.29, 0.717) is 0 Å². The summed E-state index contributed by atoms with van der Waals surface area (Å²) in [6.07, 6.45) is 6.19. The summed E-state index contributed by atoms with van der Waals surface area (Å²) < 4.78 is 0. The third-order valence-electron chi connectivity index (χ3n) is 5.86. The lowest BCUT2D eigenvalue weighted by atomic mass is 9.72. The lowest BCUT2D eigenvalue weighted by Gasteiger charge is -2.40. The molecule has 3 heteroatoms. The van der Waals surface area contributed by atoms with E-state index in [0.717, 1.165) is 18.8 Å². The van der Waals surface area contributed by atoms with Crippen LogP contribution < -0.4 is 10.6 Å². The van der Waals surface area contributed by atoms with Gasteiger partial charge in [0.15, 0.2) is 0 Å². The van der Waals surface area contributed by atoms with Crippen molar-refractivity contribution in [3.8, 4) is 0 Å². The summed E-state index contributed by atoms with van der Waals surface area (Å²) in [7, 11) is 0. The average molecular weight is 267 g/mol. The molecule has 2 bridgehead atoms. The van der Waals surface area contributed by atoms with Crippen LogP contribution in [0.3, 0.4) is 0 Å². The van der Waals surface area contributed by atoms with E-state index >= 15 is 0 Å². The summed E-state index contributed by atoms with van der Waals surface area (Å²) >= 11 is 0. The number of hydrogen-bond acceptors (Lipinski definition) is 2. The molecule has 4 heterocycles. The number of H-pyrrole nitrogens is 1. The fourth-order valence-electron chi connectivity index (χ4n) is 4.41. The molecule has 0 radical (unpaired) electrons. The van der Waals surface area contributed by atoms with Gasteiger partial charge in [-0.2, -0.15) is 0 Å². The molecule has 104 valence electrons. The predicted octanol–water partition coefficient (Wildman–Crippen LogP) is 3.20. The zero-order valence-corrected chi connectivity index (χ0v) is 11.8. The average Bonchev–Trinajstić information content (AvgIpc) is 2.86. The molecular formula is C17H21N3. The molecule has 3 aliphatic heterocycles. The van der Waals surface area contributed by atoms with Crippen LogP contribution in [0.15, 0.2) is 18.2 Å². The first-order valence-corrected chi connectivity index (χ1v) is 7.95. The van der Waals surface area contributed by atoms with Gasteiger partial charge in [-0.15, -0.1) is 0 Å². The molecule has 20 heavy (non-hydrogen) atoms. The van der Waals surface area contributed by atoms with Gasteiger partial charge in [0.1, 0.15) is 5.82 Å². The third kappa shape index (κ3) is 1.29. The van der Waals surface area contributed by atoms with Crippen molar-refractivity contribution >= 4 is 16.7 Å². The molecule has 2 aromatic rings. The van der Waals surface area contributed by atoms with E-state index < -0.39 is 0 Å². The second-order valence-corrected chi connectivity index (χ2v) is 6.92. The van der Waals surface area contributed by atoms with Crippen LogP contribution in [-0.2, 0) is 5.54 Å². The van der Waals surface area contributed by atoms with Crippen LogP contribution in [0.1, 0.15) is 49.1 Å². The van der Waals surface area contributed by atoms with Gasteiger partial charge in [0.25, 0.3) is 0 Å². The molecule has 3 N–H and O–H groups in total. The van der Waals surface area contributed by atoms with Gasteiger partial charge in [-0.3, -0.25) is 0 Å². The summed E-state index contributed by atoms with van der Waals surface area (Å²) in [6.45, 7) is 2.44. The first-order valence-electron chi connectivity index (χ1n) is 7.95. The summed E-state index contributed by atoms with van der Waals surface area (Å²) in [5.41, 5.74) is 10.7. The Morgan fingerprint density at radius 1 is 1.20 bits per heavy atom. The Kier molecular flexibility index (Phi) is 2.01. The van der Waals surface area contributed by atoms with Crippen LogP contribution in [0.4, 0.5) is 5.82 Å². The maximum atomic E-state index is 6.52. The highest BCUT2D eigenvalue weighted by Gasteiger charge is 2.37. The second-order valence-electron chi connectivity index (χ2n) is 6.92. The molecule has 2 fully saturated rings. The fraction of sp³-hybridized carbons (Fsp3) is 0.529. The Bertz CT molecular complexity index is 688. The van der Waals surface area contributed by atoms with Gasteiger partial charge in [0.2, 0.25) is 0 Å². The lowest BCUT2D eigenvalue weighted by Crippen LogP contribution is -2.43. The van der Waals surface area contributed by atoms with Gasteiger partial charge >= 0.3 is 0 Å². The smallest absolute Gasteiger partial charge is 0.110 e. The number of nitrogens with two attached hydrogens (primary N) is 1. The number of aromatic amines is 1. The van der Waals surface area contributed by atoms with E-state index in [1.165, 1.54) is 54.6 Å². The van der Waals surface area contributed by atoms with Crippen molar-refractivity contribution in [2.45, 2.75) is 43.6 Å². The lowest BCUT2D eigenvalue weighted by molar-refractivity contribution is 0.254. The minimum absolute atomic E-state index is 0.0493. The number of anilines is 1. The predicted molar refractivity (Wildman–Crippen MR) is 82.2 cm³/mol. The minimum atomic E-state index is -0.0493. The van der Waals surface area contributed by atoms with Gasteiger partial charge < -0.3 is 15.6 Å². The molecule has 6 rings (SSSR count). The highest BCUT2D eigenvalue weighted by Crippen LogP contribution is 2.47. The number of rotatable bonds is 1. The van der Waals surface area contributed by atoms with E-state index in [1.807, 2.05) is 0 Å². The van der Waals surface area contributed by atoms with Crippen molar-refractivity contribution in [3.05, 3.63) is 29.3 Å². The summed E-state index contributed by atoms with van der Waals surface area (Å²) in [4.78, 5) is 6.17. The topological polar surface area (TPSA) is 45.1 Å². The fourth-order valence-corrected chi connectivity index (χ4v) is 4.41. The molecule has 1 aliphatic carbocycles. The van der Waals surface area contributed by atoms with Gasteiger partial charge in [-0.1, -0.05) is 6.07 Å². The molecular weight excluding hydrogens is 246 g/mol. The molecule has 0 unspecified atom stereocenters. The maximum absolute atomic E-state index is 6.52. The van der Waals surface area contributed by atoms with Crippen LogP contribution >= 0.6 is 0 Å². The van der Waals surface area contributed by atoms with Crippen molar-refractivity contribution < 1.29 is 0 Å². The highest BCUT2D eigenvalue weighted by molar-refractivity contribution is 5.91. The number of nitrogens with zero attached hydrogens (tertiary/aromatic N) is 1. The van der Waals surface area contributed by atoms with E-state index in [-0.39, 0.29) is 5.54 Å². The third-order valence-corrected chi connectivity index (χ3v) is 5.86. The number of aromatic nitrogens is 1. The minimum Gasteiger partial charge on any atom is -0.358 e. The summed E-state index contributed by atoms with van der Waals surface area (Å²) in [5.74, 6) is 2.15. The Morgan fingerprint density at radius 3 is 2.70 bits per heavy atom. The van der Waals surface area contributed by atoms with E-state index in [4.69, 9.17) is 5.73 Å². The zero-order chi connectivity index (χ0) is 13.3. The second kappa shape index (κ2) is 3.59. The Balaban J connectivity index is 1.73. The van der Waals surface area contributed by atoms with Crippen molar-refractivity contribution in [2.75, 3.05) is 18.0 Å². The Morgan fingerprint density at radius 2 is 2.00 bits per heavy atom. The van der Waals surface area contributed by atoms with E-state index in [2.05, 4.69) is 28.1 Å². The first kappa shape index (κ1) is 11.2. The van der Waals surface area contributed by atoms with Gasteiger partial charge in [-0.25, -0.2) is 0 Å². The normalized spacial score (nSPS) is 23.9. The first-order chi connectivity index (χ1) is 9.74. The molecule has 1 aromatic carbocycles. The Labute approximate surface area is 119 Å². The number of benzene rings is 1. The van der Waals surface area contributed by atoms with Crippen LogP contribution in [0, 0.1) is 0 Å². The van der Waals surface area contributed by atoms with Crippen LogP contribution in [0.5, 0.6) is 0 Å². The van der Waals surface area contributed by atoms with Crippen molar-refractivity contribution in [3.63, 3.8) is 0 Å². The van der Waals surface area contributed by atoms with Gasteiger partial charge in [-0.05, 0) is 55.7 Å². The quantitative estimate of drug-likeness (QED) is 0.833. The maximum Gasteiger partial charge on any atom is 0.110 e. The molecule has 0 amide bonds. The number of nitrogens with one attached hydrogen (secondary N) is 1. The number of piperidine rings is 1. The van der Waals surface area contributed by atoms with Crippen LogP contribution in [0.25, 0.3) is 10.9 Å². The van der Waals surface area contributed by atoms with E-state index in [9.17, 15) is 0 Å². The van der Waals surface area contributed by atoms with Crippen molar-refractivity contribution in [1.82, 2.24) is 4.98 Å². The highest BCUT2D eigenvalue weighted by atomic mass is 15.2. The summed E-state index contributed by atoms with van der Waals surface area (Å²) in [5, 5.41) is 1.43. The standard InChI is InChI=1S/C17H21N3/c18-17(6-1-7-17)12-2-3-14-13(10-12)15-11-4-8-20(9-5-11)16(15)19-14/h2-3,10-11,19H,1,4-9,18H2. The molecule has 1 saturated carbocycles. The van der Waals surface area contributed by atoms with Crippen LogP contribution in [0.2, 0.25) is 0 Å². The SMILES string of the molecule is NC1(c2ccc3[nH]c4c(c3c2)C2CCN4CC2)CCC1. The van der Waals surface area contributed by atoms with Crippen molar-refractivity contribution in [1.29, 1.82) is 0 Å². The monoisotopic (exact) mass is 267 g/mol. The zero-order valence-electron chi connectivity index (χ0n) is 11.8. The van der Waals surface area contributed by atoms with Gasteiger partial charge in [0, 0.05) is 35.1 Å². The molecule has 0 atom stereocenters. The number of hydrogen-bond donors (Lipinski definition) is 2.